The zero-order chi connectivity index (χ0) is 35.9. The average Bonchev–Trinajstić information content (AvgIpc) is 3.72. The van der Waals surface area contributed by atoms with Crippen LogP contribution in [-0.2, 0) is 0 Å². The molecule has 250 valence electrons. The number of aromatic nitrogens is 2. The zero-order valence-electron chi connectivity index (χ0n) is 27.2. The van der Waals surface area contributed by atoms with Crippen LogP contribution in [0.3, 0.4) is 0 Å². The number of Topliss-reactive ketones (excluding diaryl/α,β-unsaturated/α-hetero) is 2. The van der Waals surface area contributed by atoms with Gasteiger partial charge in [-0.15, -0.1) is 0 Å². The monoisotopic (exact) mass is 682 g/mol. The molecular formula is C42H26N4O6. The van der Waals surface area contributed by atoms with Crippen LogP contribution in [0.5, 0.6) is 0 Å². The summed E-state index contributed by atoms with van der Waals surface area (Å²) >= 11 is 0. The number of pyridine rings is 2. The molecule has 52 heavy (non-hydrogen) atoms. The van der Waals surface area contributed by atoms with Gasteiger partial charge in [0.1, 0.15) is 11.4 Å². The molecule has 0 N–H and O–H groups in total. The predicted octanol–water partition coefficient (Wildman–Crippen LogP) is 9.74. The summed E-state index contributed by atoms with van der Waals surface area (Å²) in [6, 6.07) is 41.7. The number of fused-ring (bicyclic) bond motifs is 2. The maximum absolute atomic E-state index is 15.1. The second-order valence-electron chi connectivity index (χ2n) is 12.1. The maximum atomic E-state index is 15.1. The van der Waals surface area contributed by atoms with Crippen LogP contribution < -0.4 is 0 Å². The molecular weight excluding hydrogens is 656 g/mol. The van der Waals surface area contributed by atoms with Gasteiger partial charge in [0, 0.05) is 58.9 Å². The smallest absolute Gasteiger partial charge is 0.269 e. The minimum Gasteiger partial charge on any atom is -0.312 e. The standard InChI is InChI=1S/C42H26N4O6/c47-41(39-37(29-17-21-31(22-18-29)45(49)50)35(27-11-3-1-4-12-27)33-15-7-9-25-43(33)39)42(48)40-38(30-19-23-32(24-20-30)46(51)52)36(28-13-5-2-6-14-28)34-16-8-10-26-44(34)40/h1-26H. The van der Waals surface area contributed by atoms with Crippen molar-refractivity contribution in [2.24, 2.45) is 0 Å². The number of nitro groups is 2. The second-order valence-corrected chi connectivity index (χ2v) is 12.1. The van der Waals surface area contributed by atoms with Gasteiger partial charge in [0.15, 0.2) is 0 Å². The second kappa shape index (κ2) is 12.8. The molecule has 0 aliphatic carbocycles. The van der Waals surface area contributed by atoms with Crippen LogP contribution in [-0.4, -0.2) is 30.2 Å². The van der Waals surface area contributed by atoms with E-state index in [0.717, 1.165) is 11.1 Å². The van der Waals surface area contributed by atoms with E-state index in [0.29, 0.717) is 44.4 Å². The summed E-state index contributed by atoms with van der Waals surface area (Å²) in [6.45, 7) is 0. The van der Waals surface area contributed by atoms with Gasteiger partial charge in [0.25, 0.3) is 22.9 Å². The van der Waals surface area contributed by atoms with Crippen molar-refractivity contribution in [3.8, 4) is 44.5 Å². The van der Waals surface area contributed by atoms with E-state index in [1.165, 1.54) is 24.3 Å². The van der Waals surface area contributed by atoms with Crippen LogP contribution in [0.15, 0.2) is 158 Å². The molecule has 0 fully saturated rings. The molecule has 4 aromatic carbocycles. The molecule has 0 saturated heterocycles. The summed E-state index contributed by atoms with van der Waals surface area (Å²) in [5.74, 6) is -1.61. The molecule has 10 nitrogen and oxygen atoms in total. The number of benzene rings is 4. The van der Waals surface area contributed by atoms with Crippen molar-refractivity contribution >= 4 is 34.0 Å². The number of hydrogen-bond donors (Lipinski definition) is 0. The minimum absolute atomic E-state index is 0.0927. The lowest BCUT2D eigenvalue weighted by molar-refractivity contribution is -0.385. The largest absolute Gasteiger partial charge is 0.312 e. The number of ketones is 2. The number of nitro benzene ring substituents is 2. The Balaban J connectivity index is 1.42. The van der Waals surface area contributed by atoms with Gasteiger partial charge in [0.2, 0.25) is 0 Å². The Kier molecular flexibility index (Phi) is 7.81. The number of nitrogens with zero attached hydrogens (tertiary/aromatic N) is 4. The number of carbonyl (C=O) groups excluding carboxylic acids is 2. The molecule has 0 spiro atoms. The van der Waals surface area contributed by atoms with Crippen molar-refractivity contribution in [3.63, 3.8) is 0 Å². The van der Waals surface area contributed by atoms with E-state index in [-0.39, 0.29) is 22.8 Å². The van der Waals surface area contributed by atoms with Gasteiger partial charge < -0.3 is 8.80 Å². The molecule has 0 unspecified atom stereocenters. The van der Waals surface area contributed by atoms with Gasteiger partial charge in [-0.25, -0.2) is 0 Å². The van der Waals surface area contributed by atoms with E-state index in [1.54, 1.807) is 57.6 Å². The summed E-state index contributed by atoms with van der Waals surface area (Å²) < 4.78 is 3.39. The fourth-order valence-electron chi connectivity index (χ4n) is 6.93. The highest BCUT2D eigenvalue weighted by atomic mass is 16.6. The molecule has 4 heterocycles. The van der Waals surface area contributed by atoms with E-state index in [9.17, 15) is 20.2 Å². The molecule has 8 rings (SSSR count). The summed E-state index contributed by atoms with van der Waals surface area (Å²) in [5.41, 5.74) is 6.18. The molecule has 0 amide bonds. The van der Waals surface area contributed by atoms with E-state index < -0.39 is 21.4 Å². The molecule has 0 atom stereocenters. The highest BCUT2D eigenvalue weighted by molar-refractivity contribution is 6.51. The highest BCUT2D eigenvalue weighted by Gasteiger charge is 2.34. The normalized spacial score (nSPS) is 11.2. The molecule has 0 saturated carbocycles. The van der Waals surface area contributed by atoms with E-state index in [1.807, 2.05) is 84.9 Å². The van der Waals surface area contributed by atoms with Gasteiger partial charge in [-0.05, 0) is 70.8 Å². The highest BCUT2D eigenvalue weighted by Crippen LogP contribution is 2.44. The summed E-state index contributed by atoms with van der Waals surface area (Å²) in [6.07, 6.45) is 3.44. The lowest BCUT2D eigenvalue weighted by Crippen LogP contribution is -2.20. The van der Waals surface area contributed by atoms with Crippen molar-refractivity contribution in [2.45, 2.75) is 0 Å². The van der Waals surface area contributed by atoms with Crippen LogP contribution in [0.25, 0.3) is 55.5 Å². The Bertz CT molecular complexity index is 2510. The lowest BCUT2D eigenvalue weighted by atomic mass is 9.91. The van der Waals surface area contributed by atoms with Gasteiger partial charge in [-0.3, -0.25) is 29.8 Å². The maximum Gasteiger partial charge on any atom is 0.269 e. The van der Waals surface area contributed by atoms with Gasteiger partial charge in [-0.1, -0.05) is 72.8 Å². The van der Waals surface area contributed by atoms with Crippen molar-refractivity contribution < 1.29 is 19.4 Å². The Morgan fingerprint density at radius 3 is 1.08 bits per heavy atom. The third kappa shape index (κ3) is 5.22. The van der Waals surface area contributed by atoms with Crippen LogP contribution in [0.2, 0.25) is 0 Å². The fraction of sp³-hybridized carbons (Fsp3) is 0. The Morgan fingerprint density at radius 2 is 0.731 bits per heavy atom. The van der Waals surface area contributed by atoms with Crippen LogP contribution >= 0.6 is 0 Å². The SMILES string of the molecule is O=C(C(=O)c1c(-c2ccc([N+](=O)[O-])cc2)c(-c2ccccc2)c2ccccn12)c1c(-c2ccc([N+](=O)[O-])cc2)c(-c2ccccc2)c2ccccn12. The molecule has 8 aromatic rings. The molecule has 0 aliphatic rings. The molecule has 0 aliphatic heterocycles. The first-order valence-electron chi connectivity index (χ1n) is 16.3. The van der Waals surface area contributed by atoms with Crippen molar-refractivity contribution in [3.05, 3.63) is 190 Å². The number of hydrogen-bond acceptors (Lipinski definition) is 6. The molecule has 0 radical (unpaired) electrons. The van der Waals surface area contributed by atoms with Crippen molar-refractivity contribution in [1.82, 2.24) is 8.80 Å². The first kappa shape index (κ1) is 31.8. The van der Waals surface area contributed by atoms with Gasteiger partial charge in [0.05, 0.1) is 20.9 Å². The lowest BCUT2D eigenvalue weighted by Gasteiger charge is -2.11. The topological polar surface area (TPSA) is 129 Å². The Morgan fingerprint density at radius 1 is 0.404 bits per heavy atom. The van der Waals surface area contributed by atoms with E-state index in [2.05, 4.69) is 0 Å². The Hall–Kier alpha value is -7.46. The number of carbonyl (C=O) groups is 2. The van der Waals surface area contributed by atoms with Gasteiger partial charge in [-0.2, -0.15) is 0 Å². The fourth-order valence-corrected chi connectivity index (χ4v) is 6.93. The Labute approximate surface area is 295 Å². The molecule has 10 heteroatoms. The molecule has 4 aromatic heterocycles. The summed E-state index contributed by atoms with van der Waals surface area (Å²) in [7, 11) is 0. The summed E-state index contributed by atoms with van der Waals surface area (Å²) in [4.78, 5) is 52.4. The van der Waals surface area contributed by atoms with E-state index in [4.69, 9.17) is 0 Å². The van der Waals surface area contributed by atoms with Crippen LogP contribution in [0.1, 0.15) is 21.0 Å². The summed E-state index contributed by atoms with van der Waals surface area (Å²) in [5, 5.41) is 23.2. The molecule has 0 bridgehead atoms. The van der Waals surface area contributed by atoms with Gasteiger partial charge >= 0.3 is 0 Å². The quantitative estimate of drug-likeness (QED) is 0.0645. The first-order chi connectivity index (χ1) is 25.3. The zero-order valence-corrected chi connectivity index (χ0v) is 27.2. The van der Waals surface area contributed by atoms with Crippen molar-refractivity contribution in [2.75, 3.05) is 0 Å². The van der Waals surface area contributed by atoms with Crippen LogP contribution in [0, 0.1) is 20.2 Å². The third-order valence-electron chi connectivity index (χ3n) is 9.18. The predicted molar refractivity (Wildman–Crippen MR) is 199 cm³/mol. The first-order valence-corrected chi connectivity index (χ1v) is 16.3. The van der Waals surface area contributed by atoms with Crippen molar-refractivity contribution in [1.29, 1.82) is 0 Å². The average molecular weight is 683 g/mol. The third-order valence-corrected chi connectivity index (χ3v) is 9.18. The number of rotatable bonds is 9. The minimum atomic E-state index is -0.803. The van der Waals surface area contributed by atoms with E-state index >= 15 is 9.59 Å². The van der Waals surface area contributed by atoms with Crippen LogP contribution in [0.4, 0.5) is 11.4 Å². The number of non-ortho nitro benzene ring substituents is 2.